The lowest BCUT2D eigenvalue weighted by Crippen LogP contribution is -2.34. The molecule has 7 heteroatoms. The number of carbonyl (C=O) groups excluding carboxylic acids is 2. The summed E-state index contributed by atoms with van der Waals surface area (Å²) in [6.07, 6.45) is 0.729. The molecule has 0 aliphatic rings. The maximum Gasteiger partial charge on any atom is 0.319 e. The van der Waals surface area contributed by atoms with Crippen molar-refractivity contribution in [3.8, 4) is 0 Å². The van der Waals surface area contributed by atoms with E-state index in [-0.39, 0.29) is 30.4 Å². The van der Waals surface area contributed by atoms with Gasteiger partial charge in [0.25, 0.3) is 5.91 Å². The summed E-state index contributed by atoms with van der Waals surface area (Å²) in [5, 5.41) is 5.52. The Kier molecular flexibility index (Phi) is 10.1. The Labute approximate surface area is 172 Å². The van der Waals surface area contributed by atoms with Crippen molar-refractivity contribution in [2.45, 2.75) is 32.9 Å². The van der Waals surface area contributed by atoms with Crippen LogP contribution in [0.15, 0.2) is 54.6 Å². The molecule has 2 aromatic carbocycles. The average Bonchev–Trinajstić information content (AvgIpc) is 2.65. The average molecular weight is 405 g/mol. The molecule has 0 fully saturated rings. The second-order valence-corrected chi connectivity index (χ2v) is 6.69. The normalized spacial score (nSPS) is 10.1. The molecular formula is C21H29ClN4O2. The molecular weight excluding hydrogens is 376 g/mol. The number of halogens is 1. The third-order valence-corrected chi connectivity index (χ3v) is 3.92. The molecule has 28 heavy (non-hydrogen) atoms. The molecule has 0 heterocycles. The fraction of sp³-hybridized carbons (Fsp3) is 0.333. The molecule has 0 saturated carbocycles. The number of amides is 3. The molecule has 0 saturated heterocycles. The molecule has 0 aliphatic carbocycles. The topological polar surface area (TPSA) is 87.5 Å². The van der Waals surface area contributed by atoms with Crippen LogP contribution in [0.25, 0.3) is 0 Å². The molecule has 2 aromatic rings. The number of nitrogens with one attached hydrogen (secondary N) is 2. The largest absolute Gasteiger partial charge is 0.336 e. The highest BCUT2D eigenvalue weighted by Gasteiger charge is 2.16. The van der Waals surface area contributed by atoms with Gasteiger partial charge >= 0.3 is 6.03 Å². The predicted molar refractivity (Wildman–Crippen MR) is 116 cm³/mol. The first-order valence-corrected chi connectivity index (χ1v) is 9.20. The van der Waals surface area contributed by atoms with Crippen molar-refractivity contribution in [1.82, 2.24) is 10.2 Å². The molecule has 0 aromatic heterocycles. The van der Waals surface area contributed by atoms with Gasteiger partial charge in [-0.2, -0.15) is 0 Å². The molecule has 3 amide bonds. The van der Waals surface area contributed by atoms with Gasteiger partial charge in [0.15, 0.2) is 0 Å². The summed E-state index contributed by atoms with van der Waals surface area (Å²) in [7, 11) is 0. The quantitative estimate of drug-likeness (QED) is 0.627. The van der Waals surface area contributed by atoms with Gasteiger partial charge in [0.05, 0.1) is 0 Å². The van der Waals surface area contributed by atoms with Crippen LogP contribution < -0.4 is 16.4 Å². The lowest BCUT2D eigenvalue weighted by Gasteiger charge is -2.23. The fourth-order valence-corrected chi connectivity index (χ4v) is 2.68. The molecule has 0 aliphatic heterocycles. The van der Waals surface area contributed by atoms with Crippen LogP contribution in [0.4, 0.5) is 10.5 Å². The van der Waals surface area contributed by atoms with Crippen LogP contribution in [0.5, 0.6) is 0 Å². The minimum Gasteiger partial charge on any atom is -0.336 e. The number of urea groups is 1. The first-order chi connectivity index (χ1) is 13.0. The maximum atomic E-state index is 13.0. The number of nitrogens with zero attached hydrogens (tertiary/aromatic N) is 1. The summed E-state index contributed by atoms with van der Waals surface area (Å²) in [5.74, 6) is -0.0831. The number of hydrogen-bond donors (Lipinski definition) is 3. The highest BCUT2D eigenvalue weighted by atomic mass is 35.5. The van der Waals surface area contributed by atoms with Gasteiger partial charge in [0, 0.05) is 30.4 Å². The first-order valence-electron chi connectivity index (χ1n) is 9.20. The summed E-state index contributed by atoms with van der Waals surface area (Å²) in [4.78, 5) is 26.7. The van der Waals surface area contributed by atoms with Gasteiger partial charge in [-0.3, -0.25) is 4.79 Å². The Hall–Kier alpha value is -2.57. The van der Waals surface area contributed by atoms with E-state index in [0.29, 0.717) is 30.9 Å². The Bertz CT molecular complexity index is 753. The third-order valence-electron chi connectivity index (χ3n) is 3.92. The van der Waals surface area contributed by atoms with Crippen molar-refractivity contribution >= 4 is 30.0 Å². The number of nitrogens with two attached hydrogens (primary N) is 1. The van der Waals surface area contributed by atoms with Gasteiger partial charge in [-0.25, -0.2) is 4.79 Å². The molecule has 0 radical (unpaired) electrons. The van der Waals surface area contributed by atoms with E-state index in [1.165, 1.54) is 0 Å². The molecule has 6 nitrogen and oxygen atoms in total. The lowest BCUT2D eigenvalue weighted by molar-refractivity contribution is 0.0742. The zero-order valence-electron chi connectivity index (χ0n) is 16.4. The molecule has 0 atom stereocenters. The van der Waals surface area contributed by atoms with Crippen molar-refractivity contribution in [3.05, 3.63) is 65.7 Å². The highest BCUT2D eigenvalue weighted by Crippen LogP contribution is 2.15. The van der Waals surface area contributed by atoms with E-state index in [9.17, 15) is 9.59 Å². The Morgan fingerprint density at radius 2 is 1.79 bits per heavy atom. The van der Waals surface area contributed by atoms with Crippen LogP contribution in [0, 0.1) is 0 Å². The van der Waals surface area contributed by atoms with Gasteiger partial charge in [-0.1, -0.05) is 36.4 Å². The molecule has 0 bridgehead atoms. The van der Waals surface area contributed by atoms with Gasteiger partial charge in [0.2, 0.25) is 0 Å². The Morgan fingerprint density at radius 1 is 1.07 bits per heavy atom. The van der Waals surface area contributed by atoms with E-state index in [0.717, 1.165) is 12.0 Å². The van der Waals surface area contributed by atoms with E-state index in [2.05, 4.69) is 10.6 Å². The Morgan fingerprint density at radius 3 is 2.43 bits per heavy atom. The van der Waals surface area contributed by atoms with E-state index in [4.69, 9.17) is 5.73 Å². The summed E-state index contributed by atoms with van der Waals surface area (Å²) < 4.78 is 0. The monoisotopic (exact) mass is 404 g/mol. The molecule has 0 unspecified atom stereocenters. The van der Waals surface area contributed by atoms with E-state index in [1.54, 1.807) is 29.2 Å². The number of hydrogen-bond acceptors (Lipinski definition) is 3. The summed E-state index contributed by atoms with van der Waals surface area (Å²) >= 11 is 0. The third kappa shape index (κ3) is 7.58. The van der Waals surface area contributed by atoms with Crippen LogP contribution in [0.1, 0.15) is 36.2 Å². The zero-order valence-corrected chi connectivity index (χ0v) is 17.2. The van der Waals surface area contributed by atoms with Crippen molar-refractivity contribution in [2.75, 3.05) is 18.4 Å². The molecule has 4 N–H and O–H groups in total. The molecule has 152 valence electrons. The van der Waals surface area contributed by atoms with Gasteiger partial charge in [-0.05, 0) is 50.6 Å². The molecule has 2 rings (SSSR count). The zero-order chi connectivity index (χ0) is 19.6. The lowest BCUT2D eigenvalue weighted by atomic mass is 10.1. The minimum atomic E-state index is -0.293. The summed E-state index contributed by atoms with van der Waals surface area (Å²) in [5.41, 5.74) is 7.81. The van der Waals surface area contributed by atoms with E-state index >= 15 is 0 Å². The summed E-state index contributed by atoms with van der Waals surface area (Å²) in [6.45, 7) is 5.40. The van der Waals surface area contributed by atoms with Crippen molar-refractivity contribution < 1.29 is 9.59 Å². The van der Waals surface area contributed by atoms with Crippen molar-refractivity contribution in [3.63, 3.8) is 0 Å². The standard InChI is InChI=1S/C21H28N4O2.ClH/c1-16(2)23-21(27)24-19-11-6-10-18(14-19)20(26)25(13-7-12-22)15-17-8-4-3-5-9-17;/h3-6,8-11,14,16H,7,12-13,15,22H2,1-2H3,(H2,23,24,27);1H. The van der Waals surface area contributed by atoms with Gasteiger partial charge in [-0.15, -0.1) is 12.4 Å². The van der Waals surface area contributed by atoms with Gasteiger partial charge < -0.3 is 21.3 Å². The number of rotatable bonds is 8. The summed E-state index contributed by atoms with van der Waals surface area (Å²) in [6, 6.07) is 16.6. The number of anilines is 1. The number of benzene rings is 2. The molecule has 0 spiro atoms. The van der Waals surface area contributed by atoms with E-state index in [1.807, 2.05) is 44.2 Å². The number of carbonyl (C=O) groups is 2. The smallest absolute Gasteiger partial charge is 0.319 e. The van der Waals surface area contributed by atoms with Crippen LogP contribution in [-0.4, -0.2) is 36.0 Å². The van der Waals surface area contributed by atoms with Crippen LogP contribution >= 0.6 is 12.4 Å². The van der Waals surface area contributed by atoms with E-state index < -0.39 is 0 Å². The predicted octanol–water partition coefficient (Wildman–Crippen LogP) is 3.63. The SMILES string of the molecule is CC(C)NC(=O)Nc1cccc(C(=O)N(CCCN)Cc2ccccc2)c1.Cl. The van der Waals surface area contributed by atoms with Crippen LogP contribution in [-0.2, 0) is 6.54 Å². The highest BCUT2D eigenvalue weighted by molar-refractivity contribution is 5.97. The second kappa shape index (κ2) is 12.0. The van der Waals surface area contributed by atoms with Gasteiger partial charge in [0.1, 0.15) is 0 Å². The Balaban J connectivity index is 0.00000392. The van der Waals surface area contributed by atoms with Crippen LogP contribution in [0.3, 0.4) is 0 Å². The van der Waals surface area contributed by atoms with Crippen LogP contribution in [0.2, 0.25) is 0 Å². The fourth-order valence-electron chi connectivity index (χ4n) is 2.68. The maximum absolute atomic E-state index is 13.0. The first kappa shape index (κ1) is 23.5. The minimum absolute atomic E-state index is 0. The second-order valence-electron chi connectivity index (χ2n) is 6.69. The van der Waals surface area contributed by atoms with Crippen molar-refractivity contribution in [2.24, 2.45) is 5.73 Å². The van der Waals surface area contributed by atoms with Crippen molar-refractivity contribution in [1.29, 1.82) is 0 Å².